The van der Waals surface area contributed by atoms with Crippen LogP contribution in [0, 0.1) is 0 Å². The van der Waals surface area contributed by atoms with E-state index >= 15 is 0 Å². The topological polar surface area (TPSA) is 95.5 Å². The van der Waals surface area contributed by atoms with Crippen LogP contribution >= 0.6 is 0 Å². The third-order valence-electron chi connectivity index (χ3n) is 8.28. The molecule has 0 aromatic carbocycles. The fraction of sp³-hybridized carbons (Fsp3) is 0.844. The van der Waals surface area contributed by atoms with E-state index in [0.29, 0.717) is 25.7 Å². The normalized spacial score (nSPS) is 14.2. The number of allylic oxidation sites excluding steroid dienone is 2. The maximum absolute atomic E-state index is 12.3. The summed E-state index contributed by atoms with van der Waals surface area (Å²) < 4.78 is -0.0391. The Morgan fingerprint density at radius 2 is 1.18 bits per heavy atom. The average molecular weight is 553 g/mol. The van der Waals surface area contributed by atoms with Gasteiger partial charge in [0.1, 0.15) is 0 Å². The molecule has 0 heterocycles. The van der Waals surface area contributed by atoms with E-state index in [-0.39, 0.29) is 10.9 Å². The van der Waals surface area contributed by atoms with Crippen LogP contribution in [-0.4, -0.2) is 54.3 Å². The van der Waals surface area contributed by atoms with Crippen LogP contribution in [0.2, 0.25) is 0 Å². The maximum atomic E-state index is 12.3. The highest BCUT2D eigenvalue weighted by atomic mass is 16.4. The van der Waals surface area contributed by atoms with Crippen LogP contribution in [0.15, 0.2) is 12.2 Å². The van der Waals surface area contributed by atoms with Gasteiger partial charge in [-0.25, -0.2) is 4.79 Å². The van der Waals surface area contributed by atoms with Crippen LogP contribution in [0.4, 0.5) is 0 Å². The van der Waals surface area contributed by atoms with E-state index in [0.717, 1.165) is 19.3 Å². The zero-order valence-electron chi connectivity index (χ0n) is 25.9. The highest BCUT2D eigenvalue weighted by Gasteiger charge is 2.55. The molecule has 0 aromatic rings. The number of likely N-dealkylation sites (N-methyl/N-ethyl adjacent to an activating group) is 1. The molecule has 2 amide bonds. The molecule has 7 nitrogen and oxygen atoms in total. The van der Waals surface area contributed by atoms with Crippen LogP contribution in [0.1, 0.15) is 149 Å². The minimum atomic E-state index is -1.49. The number of hydrogen-bond donors (Lipinski definition) is 3. The Labute approximate surface area is 240 Å². The third kappa shape index (κ3) is 15.5. The minimum absolute atomic E-state index is 0.0391. The first kappa shape index (κ1) is 37.1. The summed E-state index contributed by atoms with van der Waals surface area (Å²) in [4.78, 5) is 34.9. The number of quaternary nitrogens is 1. The molecule has 0 spiro atoms. The summed E-state index contributed by atoms with van der Waals surface area (Å²) >= 11 is 0. The summed E-state index contributed by atoms with van der Waals surface area (Å²) in [5.41, 5.74) is -1.49. The van der Waals surface area contributed by atoms with Crippen molar-refractivity contribution in [1.82, 2.24) is 10.6 Å². The molecule has 0 bridgehead atoms. The van der Waals surface area contributed by atoms with Crippen LogP contribution in [0.25, 0.3) is 0 Å². The molecule has 3 N–H and O–H groups in total. The van der Waals surface area contributed by atoms with Crippen molar-refractivity contribution in [3.63, 3.8) is 0 Å². The zero-order chi connectivity index (χ0) is 29.2. The van der Waals surface area contributed by atoms with Crippen LogP contribution < -0.4 is 10.6 Å². The Kier molecular flexibility index (Phi) is 22.8. The summed E-state index contributed by atoms with van der Waals surface area (Å²) in [6, 6.07) is 0. The van der Waals surface area contributed by atoms with Gasteiger partial charge in [-0.1, -0.05) is 109 Å². The van der Waals surface area contributed by atoms with Crippen molar-refractivity contribution < 1.29 is 24.0 Å². The van der Waals surface area contributed by atoms with E-state index in [1.165, 1.54) is 96.3 Å². The number of unbranched alkanes of at least 4 members (excludes halogenated alkanes) is 16. The largest absolute Gasteiger partial charge is 0.475 e. The molecule has 0 saturated carbocycles. The fourth-order valence-electron chi connectivity index (χ4n) is 5.63. The van der Waals surface area contributed by atoms with Gasteiger partial charge in [0.15, 0.2) is 6.17 Å². The van der Waals surface area contributed by atoms with Crippen molar-refractivity contribution >= 4 is 18.8 Å². The Balaban J connectivity index is 4.04. The highest BCUT2D eigenvalue weighted by Crippen LogP contribution is 2.29. The lowest BCUT2D eigenvalue weighted by molar-refractivity contribution is -0.960. The zero-order valence-corrected chi connectivity index (χ0v) is 25.9. The van der Waals surface area contributed by atoms with Gasteiger partial charge in [0.2, 0.25) is 12.8 Å². The molecule has 0 aliphatic heterocycles. The molecule has 0 saturated heterocycles. The van der Waals surface area contributed by atoms with Crippen molar-refractivity contribution in [2.45, 2.75) is 161 Å². The summed E-state index contributed by atoms with van der Waals surface area (Å²) in [6.07, 6.45) is 29.9. The molecular weight excluding hydrogens is 490 g/mol. The number of amides is 2. The second-order valence-electron chi connectivity index (χ2n) is 11.7. The standard InChI is InChI=1S/C32H61N3O4/c1-5-7-8-9-10-11-12-13-14-15-16-17-18-19-20-21-22-23-24-25-26-30(33-28-36)35(3,4)32(27-6-2,31(38)39)34-29-37/h13-14,28-30H,5-12,15-27H2,1-4H3,(H2-,33,34,36,37,38,39)/p+1. The number of hydrogen-bond acceptors (Lipinski definition) is 3. The van der Waals surface area contributed by atoms with Crippen molar-refractivity contribution in [1.29, 1.82) is 0 Å². The number of rotatable bonds is 29. The molecule has 2 atom stereocenters. The summed E-state index contributed by atoms with van der Waals surface area (Å²) in [5, 5.41) is 15.4. The lowest BCUT2D eigenvalue weighted by Crippen LogP contribution is -2.76. The van der Waals surface area contributed by atoms with Crippen molar-refractivity contribution in [3.05, 3.63) is 12.2 Å². The molecule has 7 heteroatoms. The molecule has 0 radical (unpaired) electrons. The Bertz CT molecular complexity index is 653. The molecule has 0 aromatic heterocycles. The third-order valence-corrected chi connectivity index (χ3v) is 8.28. The van der Waals surface area contributed by atoms with E-state index < -0.39 is 17.8 Å². The second kappa shape index (κ2) is 24.0. The molecule has 0 rings (SSSR count). The lowest BCUT2D eigenvalue weighted by Gasteiger charge is -2.49. The molecule has 0 fully saturated rings. The van der Waals surface area contributed by atoms with Crippen molar-refractivity contribution in [2.75, 3.05) is 14.1 Å². The molecule has 0 aliphatic carbocycles. The van der Waals surface area contributed by atoms with Gasteiger partial charge >= 0.3 is 5.97 Å². The monoisotopic (exact) mass is 552 g/mol. The van der Waals surface area contributed by atoms with Gasteiger partial charge in [-0.05, 0) is 38.5 Å². The van der Waals surface area contributed by atoms with Crippen molar-refractivity contribution in [3.8, 4) is 0 Å². The Morgan fingerprint density at radius 1 is 0.718 bits per heavy atom. The lowest BCUT2D eigenvalue weighted by atomic mass is 9.97. The molecular formula is C32H62N3O4+. The predicted molar refractivity (Wildman–Crippen MR) is 162 cm³/mol. The van der Waals surface area contributed by atoms with Gasteiger partial charge in [0.25, 0.3) is 5.66 Å². The second-order valence-corrected chi connectivity index (χ2v) is 11.7. The predicted octanol–water partition coefficient (Wildman–Crippen LogP) is 7.45. The number of carboxylic acid groups (broad SMARTS) is 1. The molecule has 228 valence electrons. The summed E-state index contributed by atoms with van der Waals surface area (Å²) in [5.74, 6) is -1.08. The number of nitrogens with zero attached hydrogens (tertiary/aromatic N) is 1. The van der Waals surface area contributed by atoms with Crippen LogP contribution in [0.5, 0.6) is 0 Å². The van der Waals surface area contributed by atoms with E-state index in [1.54, 1.807) is 14.1 Å². The van der Waals surface area contributed by atoms with E-state index in [9.17, 15) is 19.5 Å². The van der Waals surface area contributed by atoms with E-state index in [4.69, 9.17) is 0 Å². The van der Waals surface area contributed by atoms with Crippen LogP contribution in [-0.2, 0) is 14.4 Å². The van der Waals surface area contributed by atoms with Crippen LogP contribution in [0.3, 0.4) is 0 Å². The first-order chi connectivity index (χ1) is 18.8. The van der Waals surface area contributed by atoms with E-state index in [2.05, 4.69) is 29.7 Å². The summed E-state index contributed by atoms with van der Waals surface area (Å²) in [6.45, 7) is 4.16. The number of carbonyl (C=O) groups excluding carboxylic acids is 2. The van der Waals surface area contributed by atoms with Gasteiger partial charge < -0.3 is 10.4 Å². The van der Waals surface area contributed by atoms with Gasteiger partial charge in [-0.15, -0.1) is 0 Å². The Morgan fingerprint density at radius 3 is 1.59 bits per heavy atom. The number of carbonyl (C=O) groups is 3. The molecule has 2 unspecified atom stereocenters. The average Bonchev–Trinajstić information content (AvgIpc) is 2.90. The maximum Gasteiger partial charge on any atom is 0.388 e. The molecule has 0 aliphatic rings. The fourth-order valence-corrected chi connectivity index (χ4v) is 5.63. The molecule has 39 heavy (non-hydrogen) atoms. The first-order valence-corrected chi connectivity index (χ1v) is 16.0. The smallest absolute Gasteiger partial charge is 0.388 e. The van der Waals surface area contributed by atoms with Gasteiger partial charge in [-0.3, -0.25) is 19.4 Å². The van der Waals surface area contributed by atoms with Gasteiger partial charge in [0, 0.05) is 12.8 Å². The first-order valence-electron chi connectivity index (χ1n) is 16.0. The Hall–Kier alpha value is -1.89. The minimum Gasteiger partial charge on any atom is -0.475 e. The van der Waals surface area contributed by atoms with Gasteiger partial charge in [0.05, 0.1) is 14.1 Å². The van der Waals surface area contributed by atoms with E-state index in [1.807, 2.05) is 6.92 Å². The quantitative estimate of drug-likeness (QED) is 0.0295. The SMILES string of the molecule is CCCCCCCCC=CCCCCCCCCCCCCC(NC=O)[N+](C)(C)C(CCC)(NC=O)C(=O)O. The number of nitrogens with one attached hydrogen (secondary N) is 2. The summed E-state index contributed by atoms with van der Waals surface area (Å²) in [7, 11) is 3.54. The number of carboxylic acids is 1. The number of aliphatic carboxylic acids is 1. The van der Waals surface area contributed by atoms with Crippen molar-refractivity contribution in [2.24, 2.45) is 0 Å². The van der Waals surface area contributed by atoms with Gasteiger partial charge in [-0.2, -0.15) is 0 Å². The highest BCUT2D eigenvalue weighted by molar-refractivity contribution is 5.79.